The molecule has 1 atom stereocenters. The van der Waals surface area contributed by atoms with Crippen LogP contribution in [0.1, 0.15) is 17.0 Å². The van der Waals surface area contributed by atoms with Crippen LogP contribution in [0, 0.1) is 0 Å². The monoisotopic (exact) mass is 470 g/mol. The number of rotatable bonds is 4. The molecule has 1 aliphatic rings. The third kappa shape index (κ3) is 3.79. The van der Waals surface area contributed by atoms with E-state index in [1.807, 2.05) is 0 Å². The molecule has 0 saturated carbocycles. The van der Waals surface area contributed by atoms with Gasteiger partial charge >= 0.3 is 18.4 Å². The summed E-state index contributed by atoms with van der Waals surface area (Å²) in [6, 6.07) is 8.57. The number of imide groups is 1. The Morgan fingerprint density at radius 1 is 0.939 bits per heavy atom. The molecule has 7 nitrogen and oxygen atoms in total. The van der Waals surface area contributed by atoms with Gasteiger partial charge in [-0.05, 0) is 17.7 Å². The summed E-state index contributed by atoms with van der Waals surface area (Å²) < 4.78 is 84.9. The molecule has 0 aliphatic carbocycles. The maximum absolute atomic E-state index is 14.0. The molecule has 4 rings (SSSR count). The quantitative estimate of drug-likeness (QED) is 0.455. The first-order valence-corrected chi connectivity index (χ1v) is 9.20. The summed E-state index contributed by atoms with van der Waals surface area (Å²) in [6.45, 7) is -0.775. The van der Waals surface area contributed by atoms with E-state index in [4.69, 9.17) is 4.52 Å². The van der Waals surface area contributed by atoms with Crippen molar-refractivity contribution in [2.24, 2.45) is 0 Å². The molecule has 0 radical (unpaired) electrons. The number of benzene rings is 2. The maximum Gasteiger partial charge on any atom is 0.425 e. The molecule has 0 spiro atoms. The van der Waals surface area contributed by atoms with Crippen molar-refractivity contribution >= 4 is 11.9 Å². The van der Waals surface area contributed by atoms with Crippen LogP contribution in [0.3, 0.4) is 0 Å². The van der Waals surface area contributed by atoms with Crippen LogP contribution in [0.15, 0.2) is 59.1 Å². The van der Waals surface area contributed by atoms with Crippen molar-refractivity contribution in [3.05, 3.63) is 71.6 Å². The number of halogens is 6. The predicted molar refractivity (Wildman–Crippen MR) is 98.0 cm³/mol. The van der Waals surface area contributed by atoms with E-state index >= 15 is 0 Å². The fourth-order valence-corrected chi connectivity index (χ4v) is 3.34. The summed E-state index contributed by atoms with van der Waals surface area (Å²) in [5.74, 6) is -2.14. The van der Waals surface area contributed by atoms with Crippen LogP contribution in [0.2, 0.25) is 0 Å². The highest BCUT2D eigenvalue weighted by Gasteiger charge is 2.68. The van der Waals surface area contributed by atoms with E-state index in [-0.39, 0.29) is 22.2 Å². The fraction of sp³-hybridized carbons (Fsp3) is 0.200. The van der Waals surface area contributed by atoms with Crippen molar-refractivity contribution in [3.63, 3.8) is 0 Å². The first kappa shape index (κ1) is 22.3. The Kier molecular flexibility index (Phi) is 5.14. The number of alkyl halides is 6. The van der Waals surface area contributed by atoms with Gasteiger partial charge < -0.3 is 9.84 Å². The molecule has 1 fully saturated rings. The van der Waals surface area contributed by atoms with E-state index in [2.05, 4.69) is 10.1 Å². The van der Waals surface area contributed by atoms with Crippen LogP contribution in [-0.2, 0) is 23.1 Å². The Bertz CT molecular complexity index is 1190. The van der Waals surface area contributed by atoms with E-state index in [9.17, 15) is 35.9 Å². The zero-order chi connectivity index (χ0) is 24.0. The van der Waals surface area contributed by atoms with Crippen molar-refractivity contribution in [3.8, 4) is 11.4 Å². The summed E-state index contributed by atoms with van der Waals surface area (Å²) in [5, 5.41) is 5.27. The number of hydrogen-bond acceptors (Lipinski definition) is 5. The summed E-state index contributed by atoms with van der Waals surface area (Å²) in [5.41, 5.74) is -4.54. The number of hydrogen-bond donors (Lipinski definition) is 1. The Morgan fingerprint density at radius 3 is 2.15 bits per heavy atom. The van der Waals surface area contributed by atoms with Gasteiger partial charge in [0.25, 0.3) is 5.91 Å². The van der Waals surface area contributed by atoms with Crippen LogP contribution in [0.4, 0.5) is 31.1 Å². The summed E-state index contributed by atoms with van der Waals surface area (Å²) in [4.78, 5) is 29.3. The van der Waals surface area contributed by atoms with E-state index in [0.717, 1.165) is 36.4 Å². The molecule has 1 unspecified atom stereocenters. The second-order valence-electron chi connectivity index (χ2n) is 7.02. The van der Waals surface area contributed by atoms with Gasteiger partial charge in [0.1, 0.15) is 6.54 Å². The fourth-order valence-electron chi connectivity index (χ4n) is 3.34. The van der Waals surface area contributed by atoms with Crippen LogP contribution in [0.5, 0.6) is 0 Å². The lowest BCUT2D eigenvalue weighted by atomic mass is 9.89. The first-order valence-electron chi connectivity index (χ1n) is 9.20. The number of carbonyl (C=O) groups excluding carboxylic acids is 2. The standard InChI is InChI=1S/C20H12F6N4O3/c21-19(22,23)13-8-6-11(7-9-13)15-27-14(33-29-15)10-30-16(31)18(20(24,25)26,28-17(30)32)12-4-2-1-3-5-12/h1-9H,10H2,(H,28,32). The van der Waals surface area contributed by atoms with E-state index in [0.29, 0.717) is 0 Å². The van der Waals surface area contributed by atoms with Crippen LogP contribution < -0.4 is 5.32 Å². The van der Waals surface area contributed by atoms with Crippen LogP contribution in [-0.4, -0.2) is 33.2 Å². The minimum atomic E-state index is -5.16. The lowest BCUT2D eigenvalue weighted by Gasteiger charge is -2.29. The predicted octanol–water partition coefficient (Wildman–Crippen LogP) is 4.27. The average Bonchev–Trinajstić information content (AvgIpc) is 3.32. The van der Waals surface area contributed by atoms with Gasteiger partial charge in [0, 0.05) is 5.56 Å². The largest absolute Gasteiger partial charge is 0.425 e. The molecule has 13 heteroatoms. The molecular weight excluding hydrogens is 458 g/mol. The van der Waals surface area contributed by atoms with Gasteiger partial charge in [-0.2, -0.15) is 31.3 Å². The zero-order valence-electron chi connectivity index (χ0n) is 16.2. The molecule has 1 N–H and O–H groups in total. The van der Waals surface area contributed by atoms with Gasteiger partial charge in [-0.25, -0.2) is 4.79 Å². The highest BCUT2D eigenvalue weighted by Crippen LogP contribution is 2.43. The third-order valence-corrected chi connectivity index (χ3v) is 4.97. The van der Waals surface area contributed by atoms with Crippen molar-refractivity contribution in [1.29, 1.82) is 0 Å². The first-order chi connectivity index (χ1) is 15.4. The number of amides is 3. The molecule has 1 aromatic heterocycles. The van der Waals surface area contributed by atoms with Gasteiger partial charge in [-0.3, -0.25) is 9.69 Å². The van der Waals surface area contributed by atoms with Crippen molar-refractivity contribution in [2.45, 2.75) is 24.4 Å². The molecule has 0 bridgehead atoms. The Balaban J connectivity index is 1.60. The number of aromatic nitrogens is 2. The van der Waals surface area contributed by atoms with Gasteiger partial charge in [0.15, 0.2) is 0 Å². The lowest BCUT2D eigenvalue weighted by Crippen LogP contribution is -2.55. The molecule has 3 aromatic rings. The molecule has 33 heavy (non-hydrogen) atoms. The number of carbonyl (C=O) groups is 2. The highest BCUT2D eigenvalue weighted by molar-refractivity contribution is 6.08. The van der Waals surface area contributed by atoms with E-state index < -0.39 is 47.5 Å². The van der Waals surface area contributed by atoms with Gasteiger partial charge in [0.2, 0.25) is 17.3 Å². The molecule has 172 valence electrons. The van der Waals surface area contributed by atoms with Gasteiger partial charge in [0.05, 0.1) is 5.56 Å². The average molecular weight is 470 g/mol. The smallest absolute Gasteiger partial charge is 0.337 e. The minimum absolute atomic E-state index is 0.129. The molecule has 3 amide bonds. The van der Waals surface area contributed by atoms with Crippen molar-refractivity contribution < 1.29 is 40.5 Å². The molecule has 2 heterocycles. The zero-order valence-corrected chi connectivity index (χ0v) is 16.2. The van der Waals surface area contributed by atoms with Gasteiger partial charge in [-0.15, -0.1) is 0 Å². The Morgan fingerprint density at radius 2 is 1.58 bits per heavy atom. The number of nitrogens with zero attached hydrogens (tertiary/aromatic N) is 3. The summed E-state index contributed by atoms with van der Waals surface area (Å²) >= 11 is 0. The molecule has 2 aromatic carbocycles. The van der Waals surface area contributed by atoms with E-state index in [1.54, 1.807) is 5.32 Å². The normalized spacial score (nSPS) is 19.2. The second-order valence-corrected chi connectivity index (χ2v) is 7.02. The minimum Gasteiger partial charge on any atom is -0.337 e. The lowest BCUT2D eigenvalue weighted by molar-refractivity contribution is -0.198. The number of urea groups is 1. The van der Waals surface area contributed by atoms with Crippen molar-refractivity contribution in [2.75, 3.05) is 0 Å². The number of nitrogens with one attached hydrogen (secondary N) is 1. The topological polar surface area (TPSA) is 88.3 Å². The maximum atomic E-state index is 14.0. The van der Waals surface area contributed by atoms with Gasteiger partial charge in [-0.1, -0.05) is 47.6 Å². The Hall–Kier alpha value is -3.90. The molecule has 1 aliphatic heterocycles. The molecular formula is C20H12F6N4O3. The van der Waals surface area contributed by atoms with Crippen LogP contribution in [0.25, 0.3) is 11.4 Å². The summed E-state index contributed by atoms with van der Waals surface area (Å²) in [7, 11) is 0. The summed E-state index contributed by atoms with van der Waals surface area (Å²) in [6.07, 6.45) is -9.70. The molecule has 1 saturated heterocycles. The SMILES string of the molecule is O=C1NC(c2ccccc2)(C(F)(F)F)C(=O)N1Cc1nc(-c2ccc(C(F)(F)F)cc2)no1. The van der Waals surface area contributed by atoms with E-state index in [1.165, 1.54) is 18.2 Å². The Labute approximate surface area is 181 Å². The van der Waals surface area contributed by atoms with Crippen molar-refractivity contribution in [1.82, 2.24) is 20.4 Å². The second kappa shape index (κ2) is 7.60. The van der Waals surface area contributed by atoms with Crippen LogP contribution >= 0.6 is 0 Å². The third-order valence-electron chi connectivity index (χ3n) is 4.97. The highest BCUT2D eigenvalue weighted by atomic mass is 19.4.